The van der Waals surface area contributed by atoms with Gasteiger partial charge in [0.25, 0.3) is 5.91 Å². The topological polar surface area (TPSA) is 68.0 Å². The number of carbonyl (C=O) groups excluding carboxylic acids is 1. The average Bonchev–Trinajstić information content (AvgIpc) is 2.67. The maximum atomic E-state index is 11.8. The van der Waals surface area contributed by atoms with Crippen LogP contribution in [0.15, 0.2) is 27.3 Å². The van der Waals surface area contributed by atoms with Crippen molar-refractivity contribution < 1.29 is 9.32 Å². The zero-order valence-electron chi connectivity index (χ0n) is 10.0. The highest BCUT2D eigenvalue weighted by molar-refractivity contribution is 9.10. The molecule has 2 aromatic heterocycles. The van der Waals surface area contributed by atoms with Gasteiger partial charge in [0.15, 0.2) is 0 Å². The minimum absolute atomic E-state index is 0.220. The molecule has 2 aromatic rings. The molecule has 2 heterocycles. The van der Waals surface area contributed by atoms with E-state index in [2.05, 4.69) is 31.4 Å². The molecule has 0 aromatic carbocycles. The van der Waals surface area contributed by atoms with Crippen LogP contribution in [-0.4, -0.2) is 16.0 Å². The van der Waals surface area contributed by atoms with Crippen molar-refractivity contribution in [1.82, 2.24) is 15.5 Å². The second-order valence-electron chi connectivity index (χ2n) is 3.85. The number of aryl methyl sites for hydroxylation is 2. The number of halogens is 1. The van der Waals surface area contributed by atoms with Crippen molar-refractivity contribution in [3.05, 3.63) is 45.5 Å². The van der Waals surface area contributed by atoms with Gasteiger partial charge in [0.05, 0.1) is 5.69 Å². The molecule has 0 saturated heterocycles. The van der Waals surface area contributed by atoms with Crippen LogP contribution in [0.4, 0.5) is 0 Å². The van der Waals surface area contributed by atoms with E-state index >= 15 is 0 Å². The average molecular weight is 310 g/mol. The lowest BCUT2D eigenvalue weighted by molar-refractivity contribution is 0.0946. The van der Waals surface area contributed by atoms with Gasteiger partial charge in [-0.3, -0.25) is 4.79 Å². The number of pyridine rings is 1. The number of hydrogen-bond donors (Lipinski definition) is 1. The van der Waals surface area contributed by atoms with Crippen molar-refractivity contribution in [2.24, 2.45) is 0 Å². The van der Waals surface area contributed by atoms with E-state index in [4.69, 9.17) is 4.52 Å². The maximum absolute atomic E-state index is 11.8. The fraction of sp³-hybridized carbons (Fsp3) is 0.250. The Bertz CT molecular complexity index is 544. The molecule has 0 aliphatic rings. The number of nitrogens with zero attached hydrogens (tertiary/aromatic N) is 2. The fourth-order valence-electron chi connectivity index (χ4n) is 1.52. The molecular formula is C12H12BrN3O2. The summed E-state index contributed by atoms with van der Waals surface area (Å²) >= 11 is 3.27. The van der Waals surface area contributed by atoms with Gasteiger partial charge in [-0.1, -0.05) is 5.16 Å². The third kappa shape index (κ3) is 2.76. The third-order valence-corrected chi connectivity index (χ3v) is 3.04. The largest absolute Gasteiger partial charge is 0.361 e. The highest BCUT2D eigenvalue weighted by Crippen LogP contribution is 2.12. The molecule has 2 rings (SSSR count). The van der Waals surface area contributed by atoms with Gasteiger partial charge in [0, 0.05) is 22.8 Å². The second-order valence-corrected chi connectivity index (χ2v) is 4.76. The first kappa shape index (κ1) is 12.8. The zero-order valence-corrected chi connectivity index (χ0v) is 11.6. The SMILES string of the molecule is Cc1noc(C)c1CNC(=O)c1ccc(Br)cn1. The first-order valence-electron chi connectivity index (χ1n) is 5.39. The molecule has 0 aliphatic heterocycles. The van der Waals surface area contributed by atoms with Crippen molar-refractivity contribution in [1.29, 1.82) is 0 Å². The molecule has 1 N–H and O–H groups in total. The summed E-state index contributed by atoms with van der Waals surface area (Å²) in [6.45, 7) is 4.05. The summed E-state index contributed by atoms with van der Waals surface area (Å²) in [6, 6.07) is 3.44. The van der Waals surface area contributed by atoms with E-state index in [0.29, 0.717) is 12.2 Å². The number of aromatic nitrogens is 2. The molecule has 0 bridgehead atoms. The van der Waals surface area contributed by atoms with E-state index in [1.165, 1.54) is 0 Å². The summed E-state index contributed by atoms with van der Waals surface area (Å²) in [5, 5.41) is 6.62. The monoisotopic (exact) mass is 309 g/mol. The van der Waals surface area contributed by atoms with Crippen LogP contribution < -0.4 is 5.32 Å². The van der Waals surface area contributed by atoms with E-state index in [0.717, 1.165) is 21.5 Å². The summed E-state index contributed by atoms with van der Waals surface area (Å²) < 4.78 is 5.86. The molecule has 0 atom stereocenters. The second kappa shape index (κ2) is 5.30. The first-order chi connectivity index (χ1) is 8.58. The Morgan fingerprint density at radius 2 is 2.22 bits per heavy atom. The van der Waals surface area contributed by atoms with Gasteiger partial charge >= 0.3 is 0 Å². The number of nitrogens with one attached hydrogen (secondary N) is 1. The summed E-state index contributed by atoms with van der Waals surface area (Å²) in [7, 11) is 0. The molecule has 94 valence electrons. The Morgan fingerprint density at radius 1 is 1.44 bits per heavy atom. The van der Waals surface area contributed by atoms with Crippen LogP contribution >= 0.6 is 15.9 Å². The van der Waals surface area contributed by atoms with Gasteiger partial charge < -0.3 is 9.84 Å². The van der Waals surface area contributed by atoms with Gasteiger partial charge in [-0.25, -0.2) is 4.98 Å². The molecule has 5 nitrogen and oxygen atoms in total. The van der Waals surface area contributed by atoms with E-state index in [9.17, 15) is 4.79 Å². The molecule has 18 heavy (non-hydrogen) atoms. The van der Waals surface area contributed by atoms with Crippen molar-refractivity contribution in [3.8, 4) is 0 Å². The number of carbonyl (C=O) groups is 1. The van der Waals surface area contributed by atoms with E-state index in [1.54, 1.807) is 18.3 Å². The number of rotatable bonds is 3. The van der Waals surface area contributed by atoms with Crippen molar-refractivity contribution in [2.75, 3.05) is 0 Å². The summed E-state index contributed by atoms with van der Waals surface area (Å²) in [4.78, 5) is 15.9. The molecule has 0 saturated carbocycles. The Kier molecular flexibility index (Phi) is 3.76. The van der Waals surface area contributed by atoms with E-state index < -0.39 is 0 Å². The fourth-order valence-corrected chi connectivity index (χ4v) is 1.76. The minimum Gasteiger partial charge on any atom is -0.361 e. The number of hydrogen-bond acceptors (Lipinski definition) is 4. The zero-order chi connectivity index (χ0) is 13.1. The Hall–Kier alpha value is -1.69. The molecule has 0 spiro atoms. The van der Waals surface area contributed by atoms with E-state index in [1.807, 2.05) is 13.8 Å². The lowest BCUT2D eigenvalue weighted by Crippen LogP contribution is -2.24. The molecule has 0 unspecified atom stereocenters. The van der Waals surface area contributed by atoms with Gasteiger partial charge in [0.2, 0.25) is 0 Å². The lowest BCUT2D eigenvalue weighted by atomic mass is 10.2. The third-order valence-electron chi connectivity index (χ3n) is 2.57. The molecular weight excluding hydrogens is 298 g/mol. The van der Waals surface area contributed by atoms with Gasteiger partial charge in [0.1, 0.15) is 11.5 Å². The Morgan fingerprint density at radius 3 is 2.78 bits per heavy atom. The molecule has 6 heteroatoms. The van der Waals surface area contributed by atoms with Crippen LogP contribution in [-0.2, 0) is 6.54 Å². The van der Waals surface area contributed by atoms with Crippen LogP contribution in [0.1, 0.15) is 27.5 Å². The summed E-state index contributed by atoms with van der Waals surface area (Å²) in [5.74, 6) is 0.499. The van der Waals surface area contributed by atoms with E-state index in [-0.39, 0.29) is 5.91 Å². The predicted molar refractivity (Wildman–Crippen MR) is 69.1 cm³/mol. The normalized spacial score (nSPS) is 10.4. The number of amides is 1. The first-order valence-corrected chi connectivity index (χ1v) is 6.18. The highest BCUT2D eigenvalue weighted by atomic mass is 79.9. The standard InChI is InChI=1S/C12H12BrN3O2/c1-7-10(8(2)18-16-7)6-15-12(17)11-4-3-9(13)5-14-11/h3-5H,6H2,1-2H3,(H,15,17). The summed E-state index contributed by atoms with van der Waals surface area (Å²) in [5.41, 5.74) is 2.07. The maximum Gasteiger partial charge on any atom is 0.270 e. The quantitative estimate of drug-likeness (QED) is 0.945. The van der Waals surface area contributed by atoms with Crippen LogP contribution in [0.5, 0.6) is 0 Å². The molecule has 0 fully saturated rings. The summed E-state index contributed by atoms with van der Waals surface area (Å²) in [6.07, 6.45) is 1.59. The minimum atomic E-state index is -0.220. The molecule has 1 amide bonds. The lowest BCUT2D eigenvalue weighted by Gasteiger charge is -2.04. The van der Waals surface area contributed by atoms with Gasteiger partial charge in [-0.15, -0.1) is 0 Å². The van der Waals surface area contributed by atoms with Crippen molar-refractivity contribution >= 4 is 21.8 Å². The Balaban J connectivity index is 2.03. The predicted octanol–water partition coefficient (Wildman–Crippen LogP) is 2.38. The van der Waals surface area contributed by atoms with Crippen LogP contribution in [0, 0.1) is 13.8 Å². The van der Waals surface area contributed by atoms with Crippen molar-refractivity contribution in [3.63, 3.8) is 0 Å². The van der Waals surface area contributed by atoms with Crippen LogP contribution in [0.3, 0.4) is 0 Å². The highest BCUT2D eigenvalue weighted by Gasteiger charge is 2.11. The van der Waals surface area contributed by atoms with Crippen LogP contribution in [0.25, 0.3) is 0 Å². The van der Waals surface area contributed by atoms with Gasteiger partial charge in [-0.2, -0.15) is 0 Å². The van der Waals surface area contributed by atoms with Crippen LogP contribution in [0.2, 0.25) is 0 Å². The van der Waals surface area contributed by atoms with Gasteiger partial charge in [-0.05, 0) is 41.9 Å². The Labute approximate surface area is 113 Å². The molecule has 0 radical (unpaired) electrons. The molecule has 0 aliphatic carbocycles. The smallest absolute Gasteiger partial charge is 0.270 e. The van der Waals surface area contributed by atoms with Crippen molar-refractivity contribution in [2.45, 2.75) is 20.4 Å².